The van der Waals surface area contributed by atoms with Crippen LogP contribution in [0.15, 0.2) is 30.3 Å². The molecule has 0 saturated carbocycles. The van der Waals surface area contributed by atoms with Gasteiger partial charge in [0.05, 0.1) is 6.61 Å². The molecule has 4 unspecified atom stereocenters. The van der Waals surface area contributed by atoms with Crippen LogP contribution < -0.4 is 10.6 Å². The van der Waals surface area contributed by atoms with Gasteiger partial charge in [0.1, 0.15) is 0 Å². The largest absolute Gasteiger partial charge is 0.464 e. The van der Waals surface area contributed by atoms with Crippen molar-refractivity contribution in [1.82, 2.24) is 5.32 Å². The Morgan fingerprint density at radius 2 is 1.85 bits per heavy atom. The SMILES string of the molecule is CCOC(=O)C1OC1C(=O)NC(CC(C)C)C([SiH3])C(=O)Nc1ccccc1. The van der Waals surface area contributed by atoms with Crippen molar-refractivity contribution >= 4 is 33.7 Å². The molecule has 27 heavy (non-hydrogen) atoms. The molecule has 8 heteroatoms. The third-order valence-electron chi connectivity index (χ3n) is 4.38. The van der Waals surface area contributed by atoms with Crippen LogP contribution in [0.3, 0.4) is 0 Å². The molecule has 0 bridgehead atoms. The van der Waals surface area contributed by atoms with Crippen molar-refractivity contribution in [3.63, 3.8) is 0 Å². The minimum absolute atomic E-state index is 0.113. The predicted octanol–water partition coefficient (Wildman–Crippen LogP) is 0.640. The molecule has 2 rings (SSSR count). The van der Waals surface area contributed by atoms with Gasteiger partial charge in [0, 0.05) is 27.5 Å². The molecule has 4 atom stereocenters. The van der Waals surface area contributed by atoms with Crippen molar-refractivity contribution in [2.45, 2.75) is 51.0 Å². The molecule has 1 aromatic carbocycles. The summed E-state index contributed by atoms with van der Waals surface area (Å²) in [5.74, 6) is -0.705. The van der Waals surface area contributed by atoms with Gasteiger partial charge < -0.3 is 20.1 Å². The first kappa shape index (κ1) is 21.1. The Kier molecular flexibility index (Phi) is 7.55. The van der Waals surface area contributed by atoms with Crippen LogP contribution in [0.1, 0.15) is 27.2 Å². The Hall–Kier alpha value is -2.19. The standard InChI is InChI=1S/C19H28N2O5Si/c1-4-25-19(24)15-14(26-15)17(22)21-13(10-11(2)3)16(27)18(23)20-12-8-6-5-7-9-12/h5-9,11,13-16H,4,10H2,1-3,27H3,(H,20,23)(H,21,22). The van der Waals surface area contributed by atoms with Crippen LogP contribution >= 0.6 is 0 Å². The lowest BCUT2D eigenvalue weighted by Crippen LogP contribution is -2.45. The molecular weight excluding hydrogens is 364 g/mol. The highest BCUT2D eigenvalue weighted by Crippen LogP contribution is 2.25. The molecular formula is C19H28N2O5Si. The number of anilines is 1. The van der Waals surface area contributed by atoms with Crippen LogP contribution in [0.25, 0.3) is 0 Å². The maximum absolute atomic E-state index is 12.6. The van der Waals surface area contributed by atoms with Gasteiger partial charge in [-0.05, 0) is 31.4 Å². The number of rotatable bonds is 9. The first-order valence-corrected chi connectivity index (χ1v) is 10.5. The molecule has 0 aliphatic carbocycles. The highest BCUT2D eigenvalue weighted by molar-refractivity contribution is 6.26. The second-order valence-corrected chi connectivity index (χ2v) is 8.36. The number of carbonyl (C=O) groups is 3. The predicted molar refractivity (Wildman–Crippen MR) is 105 cm³/mol. The summed E-state index contributed by atoms with van der Waals surface area (Å²) < 4.78 is 10.0. The van der Waals surface area contributed by atoms with Crippen LogP contribution in [0.2, 0.25) is 5.54 Å². The Morgan fingerprint density at radius 1 is 1.19 bits per heavy atom. The fourth-order valence-electron chi connectivity index (χ4n) is 2.84. The average molecular weight is 393 g/mol. The van der Waals surface area contributed by atoms with E-state index in [2.05, 4.69) is 10.6 Å². The molecule has 1 aromatic rings. The number of ether oxygens (including phenoxy) is 2. The van der Waals surface area contributed by atoms with Crippen LogP contribution in [0, 0.1) is 5.92 Å². The van der Waals surface area contributed by atoms with Crippen molar-refractivity contribution in [1.29, 1.82) is 0 Å². The van der Waals surface area contributed by atoms with Gasteiger partial charge in [0.2, 0.25) is 5.91 Å². The molecule has 1 heterocycles. The average Bonchev–Trinajstić information content (AvgIpc) is 3.42. The number of epoxide rings is 1. The number of benzene rings is 1. The first-order valence-electron chi connectivity index (χ1n) is 9.31. The van der Waals surface area contributed by atoms with Gasteiger partial charge in [0.25, 0.3) is 5.91 Å². The maximum Gasteiger partial charge on any atom is 0.338 e. The zero-order valence-corrected chi connectivity index (χ0v) is 18.2. The molecule has 148 valence electrons. The van der Waals surface area contributed by atoms with E-state index in [-0.39, 0.29) is 30.0 Å². The number of amides is 2. The van der Waals surface area contributed by atoms with Crippen LogP contribution in [-0.2, 0) is 23.9 Å². The third kappa shape index (κ3) is 6.18. The molecule has 1 aliphatic rings. The van der Waals surface area contributed by atoms with Gasteiger partial charge in [-0.3, -0.25) is 9.59 Å². The van der Waals surface area contributed by atoms with Gasteiger partial charge in [-0.15, -0.1) is 0 Å². The van der Waals surface area contributed by atoms with E-state index in [9.17, 15) is 14.4 Å². The Balaban J connectivity index is 1.96. The second kappa shape index (κ2) is 9.66. The molecule has 0 radical (unpaired) electrons. The third-order valence-corrected chi connectivity index (χ3v) is 5.71. The smallest absolute Gasteiger partial charge is 0.338 e. The van der Waals surface area contributed by atoms with Crippen LogP contribution in [0.5, 0.6) is 0 Å². The second-order valence-electron chi connectivity index (χ2n) is 7.12. The summed E-state index contributed by atoms with van der Waals surface area (Å²) in [5, 5.41) is 5.80. The fraction of sp³-hybridized carbons (Fsp3) is 0.526. The Labute approximate surface area is 162 Å². The highest BCUT2D eigenvalue weighted by Gasteiger charge is 2.52. The number of hydrogen-bond donors (Lipinski definition) is 2. The molecule has 2 N–H and O–H groups in total. The number of nitrogens with one attached hydrogen (secondary N) is 2. The zero-order chi connectivity index (χ0) is 20.0. The molecule has 0 spiro atoms. The van der Waals surface area contributed by atoms with E-state index in [1.807, 2.05) is 44.2 Å². The lowest BCUT2D eigenvalue weighted by molar-refractivity contribution is -0.144. The molecule has 1 aliphatic heterocycles. The number of esters is 1. The monoisotopic (exact) mass is 392 g/mol. The summed E-state index contributed by atoms with van der Waals surface area (Å²) >= 11 is 0. The summed E-state index contributed by atoms with van der Waals surface area (Å²) in [7, 11) is 0.577. The summed E-state index contributed by atoms with van der Waals surface area (Å²) in [6.45, 7) is 6.02. The van der Waals surface area contributed by atoms with Gasteiger partial charge in [-0.2, -0.15) is 0 Å². The van der Waals surface area contributed by atoms with Gasteiger partial charge >= 0.3 is 5.97 Å². The molecule has 1 fully saturated rings. The van der Waals surface area contributed by atoms with E-state index < -0.39 is 18.2 Å². The van der Waals surface area contributed by atoms with E-state index in [0.29, 0.717) is 22.6 Å². The molecule has 1 saturated heterocycles. The topological polar surface area (TPSA) is 97.0 Å². The number of para-hydroxylation sites is 1. The Bertz CT molecular complexity index is 667. The first-order chi connectivity index (χ1) is 12.8. The lowest BCUT2D eigenvalue weighted by atomic mass is 9.99. The summed E-state index contributed by atoms with van der Waals surface area (Å²) in [4.78, 5) is 36.7. The van der Waals surface area contributed by atoms with E-state index in [1.165, 1.54) is 0 Å². The van der Waals surface area contributed by atoms with Crippen LogP contribution in [0.4, 0.5) is 5.69 Å². The lowest BCUT2D eigenvalue weighted by Gasteiger charge is -2.26. The molecule has 7 nitrogen and oxygen atoms in total. The normalized spacial score (nSPS) is 20.6. The Morgan fingerprint density at radius 3 is 2.44 bits per heavy atom. The van der Waals surface area contributed by atoms with Gasteiger partial charge in [-0.1, -0.05) is 32.0 Å². The van der Waals surface area contributed by atoms with Crippen molar-refractivity contribution in [3.8, 4) is 0 Å². The van der Waals surface area contributed by atoms with E-state index in [0.717, 1.165) is 5.69 Å². The number of carbonyl (C=O) groups excluding carboxylic acids is 3. The zero-order valence-electron chi connectivity index (χ0n) is 16.2. The number of hydrogen-bond acceptors (Lipinski definition) is 5. The van der Waals surface area contributed by atoms with Crippen molar-refractivity contribution < 1.29 is 23.9 Å². The van der Waals surface area contributed by atoms with E-state index in [1.54, 1.807) is 6.92 Å². The van der Waals surface area contributed by atoms with Crippen molar-refractivity contribution in [2.24, 2.45) is 5.92 Å². The molecule has 2 amide bonds. The van der Waals surface area contributed by atoms with Gasteiger partial charge in [-0.25, -0.2) is 4.79 Å². The molecule has 0 aromatic heterocycles. The minimum Gasteiger partial charge on any atom is -0.464 e. The van der Waals surface area contributed by atoms with Crippen LogP contribution in [-0.4, -0.2) is 52.9 Å². The van der Waals surface area contributed by atoms with E-state index in [4.69, 9.17) is 9.47 Å². The summed E-state index contributed by atoms with van der Waals surface area (Å²) in [6.07, 6.45) is -1.00. The van der Waals surface area contributed by atoms with Crippen molar-refractivity contribution in [2.75, 3.05) is 11.9 Å². The van der Waals surface area contributed by atoms with Crippen molar-refractivity contribution in [3.05, 3.63) is 30.3 Å². The quantitative estimate of drug-likeness (QED) is 0.365. The highest BCUT2D eigenvalue weighted by atomic mass is 28.1. The van der Waals surface area contributed by atoms with Gasteiger partial charge in [0.15, 0.2) is 12.2 Å². The van der Waals surface area contributed by atoms with E-state index >= 15 is 0 Å². The summed E-state index contributed by atoms with van der Waals surface area (Å²) in [5.41, 5.74) is 0.419. The summed E-state index contributed by atoms with van der Waals surface area (Å²) in [6, 6.07) is 8.93. The minimum atomic E-state index is -0.838. The maximum atomic E-state index is 12.6. The fourth-order valence-corrected chi connectivity index (χ4v) is 3.42.